The number of esters is 3. The van der Waals surface area contributed by atoms with Crippen molar-refractivity contribution in [1.82, 2.24) is 0 Å². The number of carbonyl (C=O) groups is 3. The van der Waals surface area contributed by atoms with Gasteiger partial charge < -0.3 is 14.2 Å². The van der Waals surface area contributed by atoms with Crippen LogP contribution in [0.3, 0.4) is 0 Å². The third kappa shape index (κ3) is 8.72. The smallest absolute Gasteiger partial charge is 0.343 e. The summed E-state index contributed by atoms with van der Waals surface area (Å²) in [6, 6.07) is 9.71. The van der Waals surface area contributed by atoms with Crippen LogP contribution in [0.2, 0.25) is 0 Å². The van der Waals surface area contributed by atoms with Crippen molar-refractivity contribution in [3.8, 4) is 11.5 Å². The zero-order chi connectivity index (χ0) is 32.6. The van der Waals surface area contributed by atoms with Gasteiger partial charge in [-0.25, -0.2) is 14.4 Å². The number of benzene rings is 3. The molecule has 0 aromatic heterocycles. The van der Waals surface area contributed by atoms with Crippen LogP contribution in [0.25, 0.3) is 0 Å². The van der Waals surface area contributed by atoms with Gasteiger partial charge in [0.25, 0.3) is 10.1 Å². The molecule has 1 N–H and O–H groups in total. The highest BCUT2D eigenvalue weighted by Gasteiger charge is 2.23. The lowest BCUT2D eigenvalue weighted by molar-refractivity contribution is 0.0522. The molecular formula is C28H22B6O9S. The quantitative estimate of drug-likeness (QED) is 0.128. The van der Waals surface area contributed by atoms with Gasteiger partial charge in [0.1, 0.15) is 37.3 Å². The fourth-order valence-electron chi connectivity index (χ4n) is 4.26. The van der Waals surface area contributed by atoms with Crippen molar-refractivity contribution >= 4 is 80.6 Å². The summed E-state index contributed by atoms with van der Waals surface area (Å²) in [6.45, 7) is -0.697. The molecular weight excluding hydrogens is 577 g/mol. The summed E-state index contributed by atoms with van der Waals surface area (Å²) in [5, 5.41) is 0. The Bertz CT molecular complexity index is 1680. The second-order valence-electron chi connectivity index (χ2n) is 9.37. The number of ether oxygens (including phenoxy) is 3. The average Bonchev–Trinajstić information content (AvgIpc) is 2.99. The van der Waals surface area contributed by atoms with Crippen molar-refractivity contribution in [2.45, 2.75) is 31.6 Å². The maximum absolute atomic E-state index is 13.3. The normalized spacial score (nSPS) is 11.1. The van der Waals surface area contributed by atoms with E-state index in [-0.39, 0.29) is 65.1 Å². The Morgan fingerprint density at radius 1 is 0.682 bits per heavy atom. The molecule has 12 radical (unpaired) electrons. The second-order valence-corrected chi connectivity index (χ2v) is 10.9. The van der Waals surface area contributed by atoms with Gasteiger partial charge in [0.15, 0.2) is 0 Å². The van der Waals surface area contributed by atoms with E-state index in [2.05, 4.69) is 0 Å². The molecule has 3 aromatic carbocycles. The van der Waals surface area contributed by atoms with Crippen LogP contribution in [0.1, 0.15) is 58.9 Å². The first-order chi connectivity index (χ1) is 20.8. The van der Waals surface area contributed by atoms with Crippen LogP contribution in [0.5, 0.6) is 11.5 Å². The molecule has 0 atom stereocenters. The fraction of sp³-hybridized carbons (Fsp3) is 0.250. The van der Waals surface area contributed by atoms with Gasteiger partial charge in [0, 0.05) is 6.07 Å². The minimum atomic E-state index is -4.43. The summed E-state index contributed by atoms with van der Waals surface area (Å²) >= 11 is 0. The van der Waals surface area contributed by atoms with Gasteiger partial charge >= 0.3 is 17.9 Å². The average molecular weight is 599 g/mol. The van der Waals surface area contributed by atoms with E-state index in [1.165, 1.54) is 18.2 Å². The Morgan fingerprint density at radius 3 is 1.84 bits per heavy atom. The van der Waals surface area contributed by atoms with E-state index >= 15 is 0 Å². The molecule has 9 nitrogen and oxygen atoms in total. The molecule has 3 aromatic rings. The molecule has 0 saturated heterocycles. The summed E-state index contributed by atoms with van der Waals surface area (Å²) in [5.74, 6) is -4.32. The third-order valence-corrected chi connectivity index (χ3v) is 7.13. The Hall–Kier alpha value is -3.63. The summed E-state index contributed by atoms with van der Waals surface area (Å²) in [6.07, 6.45) is 0.115. The van der Waals surface area contributed by atoms with E-state index in [0.29, 0.717) is 22.3 Å². The predicted molar refractivity (Wildman–Crippen MR) is 169 cm³/mol. The fourth-order valence-corrected chi connectivity index (χ4v) is 4.55. The summed E-state index contributed by atoms with van der Waals surface area (Å²) in [4.78, 5) is 39.4. The van der Waals surface area contributed by atoms with Crippen LogP contribution in [-0.2, 0) is 46.5 Å². The van der Waals surface area contributed by atoms with Gasteiger partial charge in [-0.05, 0) is 35.4 Å². The Morgan fingerprint density at radius 2 is 1.27 bits per heavy atom. The lowest BCUT2D eigenvalue weighted by atomic mass is 9.78. The van der Waals surface area contributed by atoms with Crippen LogP contribution < -0.4 is 14.9 Å². The standard InChI is InChI=1S/C28H22B6O9S/c29-10-15-5-17(12-31)22(13-32)20(6-15)27(36)42-18-1-2-19(26(35)41-3-4-44(38,39)40)25(9-18)43-28(37)21-7-16(11-30)8-24(34)23(21)14-33/h1-2,5-9H,3-4,10-14H2,(H,38,39,40). The second kappa shape index (κ2) is 15.4. The topological polar surface area (TPSA) is 133 Å². The number of hydrogen-bond donors (Lipinski definition) is 1. The molecule has 212 valence electrons. The van der Waals surface area contributed by atoms with E-state index in [9.17, 15) is 22.8 Å². The Labute approximate surface area is 264 Å². The van der Waals surface area contributed by atoms with E-state index in [1.54, 1.807) is 12.1 Å². The first kappa shape index (κ1) is 34.9. The molecule has 0 heterocycles. The first-order valence-electron chi connectivity index (χ1n) is 13.1. The molecule has 0 unspecified atom stereocenters. The van der Waals surface area contributed by atoms with E-state index in [4.69, 9.17) is 65.8 Å². The van der Waals surface area contributed by atoms with E-state index in [0.717, 1.165) is 12.1 Å². The van der Waals surface area contributed by atoms with Crippen LogP contribution in [0.4, 0.5) is 0 Å². The maximum Gasteiger partial charge on any atom is 0.343 e. The van der Waals surface area contributed by atoms with Crippen molar-refractivity contribution in [2.24, 2.45) is 0 Å². The largest absolute Gasteiger partial charge is 0.461 e. The number of rotatable bonds is 13. The minimum Gasteiger partial charge on any atom is -0.461 e. The van der Waals surface area contributed by atoms with Crippen molar-refractivity contribution < 1.29 is 41.6 Å². The molecule has 44 heavy (non-hydrogen) atoms. The van der Waals surface area contributed by atoms with Gasteiger partial charge in [0.05, 0.1) is 50.4 Å². The van der Waals surface area contributed by atoms with E-state index < -0.39 is 46.1 Å². The third-order valence-electron chi connectivity index (χ3n) is 6.45. The zero-order valence-corrected chi connectivity index (χ0v) is 24.4. The van der Waals surface area contributed by atoms with Crippen LogP contribution in [-0.4, -0.2) is 90.3 Å². The van der Waals surface area contributed by atoms with Crippen LogP contribution in [0, 0.1) is 0 Å². The summed E-state index contributed by atoms with van der Waals surface area (Å²) in [7, 11) is 30.6. The highest BCUT2D eigenvalue weighted by Crippen LogP contribution is 2.29. The molecule has 0 aliphatic heterocycles. The number of hydrogen-bond acceptors (Lipinski definition) is 8. The Kier molecular flexibility index (Phi) is 12.2. The van der Waals surface area contributed by atoms with Gasteiger partial charge in [-0.1, -0.05) is 65.9 Å². The maximum atomic E-state index is 13.3. The minimum absolute atomic E-state index is 0.0203. The highest BCUT2D eigenvalue weighted by atomic mass is 32.2. The lowest BCUT2D eigenvalue weighted by Gasteiger charge is -2.17. The predicted octanol–water partition coefficient (Wildman–Crippen LogP) is 0.306. The van der Waals surface area contributed by atoms with Gasteiger partial charge in [-0.15, -0.1) is 0 Å². The first-order valence-corrected chi connectivity index (χ1v) is 14.7. The zero-order valence-electron chi connectivity index (χ0n) is 23.6. The molecule has 0 bridgehead atoms. The highest BCUT2D eigenvalue weighted by molar-refractivity contribution is 7.85. The van der Waals surface area contributed by atoms with Crippen molar-refractivity contribution in [3.05, 3.63) is 87.0 Å². The molecule has 0 fully saturated rings. The van der Waals surface area contributed by atoms with Crippen molar-refractivity contribution in [2.75, 3.05) is 12.4 Å². The van der Waals surface area contributed by atoms with Crippen molar-refractivity contribution in [3.63, 3.8) is 0 Å². The lowest BCUT2D eigenvalue weighted by Crippen LogP contribution is -2.22. The molecule has 0 aliphatic carbocycles. The monoisotopic (exact) mass is 600 g/mol. The molecule has 3 rings (SSSR count). The van der Waals surface area contributed by atoms with Gasteiger partial charge in [0.2, 0.25) is 0 Å². The molecule has 0 spiro atoms. The van der Waals surface area contributed by atoms with Crippen molar-refractivity contribution in [1.29, 1.82) is 0 Å². The molecule has 0 saturated carbocycles. The van der Waals surface area contributed by atoms with Gasteiger partial charge in [-0.2, -0.15) is 8.42 Å². The number of carbonyl (C=O) groups excluding carboxylic acids is 3. The molecule has 16 heteroatoms. The SMILES string of the molecule is [B]Cc1cc([B])c(C[B])c(C(=O)Oc2cc(OC(=O)c3cc(C[B])cc(C[B])c3C[B])ccc2C(=O)OCCS(=O)(=O)O)c1. The summed E-state index contributed by atoms with van der Waals surface area (Å²) < 4.78 is 47.0. The van der Waals surface area contributed by atoms with E-state index in [1.807, 2.05) is 0 Å². The van der Waals surface area contributed by atoms with Crippen LogP contribution >= 0.6 is 0 Å². The van der Waals surface area contributed by atoms with Gasteiger partial charge in [-0.3, -0.25) is 4.55 Å². The summed E-state index contributed by atoms with van der Waals surface area (Å²) in [5.41, 5.74) is 2.39. The van der Waals surface area contributed by atoms with Crippen LogP contribution in [0.15, 0.2) is 42.5 Å². The Balaban J connectivity index is 2.03. The molecule has 0 aliphatic rings. The molecule has 0 amide bonds.